The second-order valence-electron chi connectivity index (χ2n) is 8.13. The second kappa shape index (κ2) is 9.09. The van der Waals surface area contributed by atoms with E-state index in [0.717, 1.165) is 35.8 Å². The summed E-state index contributed by atoms with van der Waals surface area (Å²) in [5.74, 6) is 0.299. The van der Waals surface area contributed by atoms with Crippen LogP contribution < -0.4 is 4.90 Å². The maximum atomic E-state index is 13.0. The summed E-state index contributed by atoms with van der Waals surface area (Å²) in [5, 5.41) is 0.730. The SMILES string of the molecule is C[C@H](c1ccccc1)N1C(=O)CCC1CC(=O)N1CCN(c2ccc(Cl)cc2)CC1. The van der Waals surface area contributed by atoms with Crippen molar-refractivity contribution in [2.45, 2.75) is 38.3 Å². The van der Waals surface area contributed by atoms with Crippen LogP contribution >= 0.6 is 11.6 Å². The van der Waals surface area contributed by atoms with E-state index >= 15 is 0 Å². The van der Waals surface area contributed by atoms with Crippen LogP contribution in [0.5, 0.6) is 0 Å². The topological polar surface area (TPSA) is 43.9 Å². The summed E-state index contributed by atoms with van der Waals surface area (Å²) in [6.45, 7) is 5.08. The number of benzene rings is 2. The Morgan fingerprint density at radius 3 is 2.37 bits per heavy atom. The lowest BCUT2D eigenvalue weighted by atomic mass is 10.0. The number of carbonyl (C=O) groups is 2. The van der Waals surface area contributed by atoms with Gasteiger partial charge in [-0.15, -0.1) is 0 Å². The predicted molar refractivity (Wildman–Crippen MR) is 120 cm³/mol. The summed E-state index contributed by atoms with van der Waals surface area (Å²) in [5.41, 5.74) is 2.25. The van der Waals surface area contributed by atoms with E-state index in [0.29, 0.717) is 25.9 Å². The van der Waals surface area contributed by atoms with E-state index < -0.39 is 0 Å². The number of hydrogen-bond donors (Lipinski definition) is 0. The van der Waals surface area contributed by atoms with Crippen molar-refractivity contribution in [2.24, 2.45) is 0 Å². The Kier molecular flexibility index (Phi) is 6.28. The lowest BCUT2D eigenvalue weighted by molar-refractivity contribution is -0.135. The van der Waals surface area contributed by atoms with Crippen molar-refractivity contribution in [1.82, 2.24) is 9.80 Å². The minimum Gasteiger partial charge on any atom is -0.368 e. The fraction of sp³-hybridized carbons (Fsp3) is 0.417. The van der Waals surface area contributed by atoms with Gasteiger partial charge in [-0.3, -0.25) is 9.59 Å². The molecule has 2 aromatic carbocycles. The number of halogens is 1. The molecule has 2 saturated heterocycles. The molecule has 0 aliphatic carbocycles. The molecule has 2 aromatic rings. The van der Waals surface area contributed by atoms with Gasteiger partial charge in [-0.1, -0.05) is 41.9 Å². The Bertz CT molecular complexity index is 879. The third-order valence-corrected chi connectivity index (χ3v) is 6.56. The van der Waals surface area contributed by atoms with E-state index in [2.05, 4.69) is 11.8 Å². The Labute approximate surface area is 183 Å². The number of likely N-dealkylation sites (tertiary alicyclic amines) is 1. The van der Waals surface area contributed by atoms with Gasteiger partial charge in [0.15, 0.2) is 0 Å². The van der Waals surface area contributed by atoms with Crippen LogP contribution in [0.15, 0.2) is 54.6 Å². The zero-order chi connectivity index (χ0) is 21.1. The first-order valence-electron chi connectivity index (χ1n) is 10.7. The van der Waals surface area contributed by atoms with Gasteiger partial charge < -0.3 is 14.7 Å². The zero-order valence-electron chi connectivity index (χ0n) is 17.3. The fourth-order valence-electron chi connectivity index (χ4n) is 4.58. The highest BCUT2D eigenvalue weighted by Gasteiger charge is 2.37. The first-order valence-corrected chi connectivity index (χ1v) is 11.0. The van der Waals surface area contributed by atoms with Gasteiger partial charge in [-0.25, -0.2) is 0 Å². The molecule has 2 heterocycles. The Morgan fingerprint density at radius 1 is 1.03 bits per heavy atom. The number of piperazine rings is 1. The van der Waals surface area contributed by atoms with Crippen LogP contribution in [0, 0.1) is 0 Å². The van der Waals surface area contributed by atoms with Crippen molar-refractivity contribution in [1.29, 1.82) is 0 Å². The molecule has 0 N–H and O–H groups in total. The lowest BCUT2D eigenvalue weighted by Crippen LogP contribution is -2.50. The van der Waals surface area contributed by atoms with Crippen molar-refractivity contribution < 1.29 is 9.59 Å². The molecule has 5 nitrogen and oxygen atoms in total. The van der Waals surface area contributed by atoms with Crippen LogP contribution in [0.4, 0.5) is 5.69 Å². The molecule has 0 saturated carbocycles. The summed E-state index contributed by atoms with van der Waals surface area (Å²) >= 11 is 5.98. The molecule has 6 heteroatoms. The van der Waals surface area contributed by atoms with E-state index in [4.69, 9.17) is 11.6 Å². The smallest absolute Gasteiger partial charge is 0.224 e. The maximum absolute atomic E-state index is 13.0. The highest BCUT2D eigenvalue weighted by molar-refractivity contribution is 6.30. The molecule has 2 atom stereocenters. The maximum Gasteiger partial charge on any atom is 0.224 e. The van der Waals surface area contributed by atoms with Gasteiger partial charge >= 0.3 is 0 Å². The van der Waals surface area contributed by atoms with Crippen molar-refractivity contribution in [3.05, 3.63) is 65.2 Å². The molecule has 2 aliphatic rings. The van der Waals surface area contributed by atoms with E-state index in [1.54, 1.807) is 0 Å². The molecule has 4 rings (SSSR count). The van der Waals surface area contributed by atoms with Crippen LogP contribution in [-0.2, 0) is 9.59 Å². The van der Waals surface area contributed by atoms with E-state index in [9.17, 15) is 9.59 Å². The molecular weight excluding hydrogens is 398 g/mol. The number of rotatable bonds is 5. The summed E-state index contributed by atoms with van der Waals surface area (Å²) in [4.78, 5) is 31.7. The van der Waals surface area contributed by atoms with Crippen molar-refractivity contribution in [3.8, 4) is 0 Å². The van der Waals surface area contributed by atoms with E-state index in [-0.39, 0.29) is 23.9 Å². The Balaban J connectivity index is 1.35. The van der Waals surface area contributed by atoms with Crippen LogP contribution in [0.2, 0.25) is 5.02 Å². The minimum absolute atomic E-state index is 0.0132. The highest BCUT2D eigenvalue weighted by Crippen LogP contribution is 2.32. The summed E-state index contributed by atoms with van der Waals surface area (Å²) in [6, 6.07) is 17.9. The third kappa shape index (κ3) is 4.46. The van der Waals surface area contributed by atoms with Gasteiger partial charge in [0, 0.05) is 55.8 Å². The van der Waals surface area contributed by atoms with Crippen molar-refractivity contribution >= 4 is 29.1 Å². The number of carbonyl (C=O) groups excluding carboxylic acids is 2. The fourth-order valence-corrected chi connectivity index (χ4v) is 4.71. The first kappa shape index (κ1) is 20.7. The largest absolute Gasteiger partial charge is 0.368 e. The van der Waals surface area contributed by atoms with Crippen molar-refractivity contribution in [3.63, 3.8) is 0 Å². The highest BCUT2D eigenvalue weighted by atomic mass is 35.5. The molecule has 2 amide bonds. The molecular formula is C24H28ClN3O2. The molecule has 2 fully saturated rings. The molecule has 0 aromatic heterocycles. The number of hydrogen-bond acceptors (Lipinski definition) is 3. The lowest BCUT2D eigenvalue weighted by Gasteiger charge is -2.37. The monoisotopic (exact) mass is 425 g/mol. The first-order chi connectivity index (χ1) is 14.5. The standard InChI is InChI=1S/C24H28ClN3O2/c1-18(19-5-3-2-4-6-19)28-22(11-12-23(28)29)17-24(30)27-15-13-26(14-16-27)21-9-7-20(25)8-10-21/h2-10,18,22H,11-17H2,1H3/t18-,22?/m1/s1. The van der Waals surface area contributed by atoms with Crippen LogP contribution in [0.25, 0.3) is 0 Å². The van der Waals surface area contributed by atoms with Gasteiger partial charge in [0.25, 0.3) is 0 Å². The molecule has 2 aliphatic heterocycles. The van der Waals surface area contributed by atoms with Gasteiger partial charge in [0.1, 0.15) is 0 Å². The molecule has 158 valence electrons. The van der Waals surface area contributed by atoms with Crippen LogP contribution in [0.1, 0.15) is 37.8 Å². The number of amides is 2. The Morgan fingerprint density at radius 2 is 1.70 bits per heavy atom. The van der Waals surface area contributed by atoms with Gasteiger partial charge in [-0.2, -0.15) is 0 Å². The summed E-state index contributed by atoms with van der Waals surface area (Å²) in [6.07, 6.45) is 1.69. The summed E-state index contributed by atoms with van der Waals surface area (Å²) in [7, 11) is 0. The normalized spacial score (nSPS) is 20.5. The average molecular weight is 426 g/mol. The van der Waals surface area contributed by atoms with Crippen LogP contribution in [0.3, 0.4) is 0 Å². The van der Waals surface area contributed by atoms with Gasteiger partial charge in [0.2, 0.25) is 11.8 Å². The van der Waals surface area contributed by atoms with E-state index in [1.807, 2.05) is 64.4 Å². The quantitative estimate of drug-likeness (QED) is 0.723. The zero-order valence-corrected chi connectivity index (χ0v) is 18.1. The molecule has 0 bridgehead atoms. The van der Waals surface area contributed by atoms with E-state index in [1.165, 1.54) is 0 Å². The molecule has 0 spiro atoms. The van der Waals surface area contributed by atoms with Gasteiger partial charge in [-0.05, 0) is 43.2 Å². The predicted octanol–water partition coefficient (Wildman–Crippen LogP) is 4.13. The Hall–Kier alpha value is -2.53. The number of anilines is 1. The molecule has 0 radical (unpaired) electrons. The number of nitrogens with zero attached hydrogens (tertiary/aromatic N) is 3. The van der Waals surface area contributed by atoms with Crippen molar-refractivity contribution in [2.75, 3.05) is 31.1 Å². The summed E-state index contributed by atoms with van der Waals surface area (Å²) < 4.78 is 0. The minimum atomic E-state index is -0.0190. The van der Waals surface area contributed by atoms with Gasteiger partial charge in [0.05, 0.1) is 6.04 Å². The van der Waals surface area contributed by atoms with Crippen LogP contribution in [-0.4, -0.2) is 53.8 Å². The molecule has 1 unspecified atom stereocenters. The third-order valence-electron chi connectivity index (χ3n) is 6.31. The second-order valence-corrected chi connectivity index (χ2v) is 8.56. The average Bonchev–Trinajstić information content (AvgIpc) is 3.14. The molecule has 30 heavy (non-hydrogen) atoms.